The van der Waals surface area contributed by atoms with Crippen molar-refractivity contribution in [3.05, 3.63) is 53.1 Å². The summed E-state index contributed by atoms with van der Waals surface area (Å²) >= 11 is 4.30. The Labute approximate surface area is 134 Å². The van der Waals surface area contributed by atoms with Crippen LogP contribution in [0.1, 0.15) is 0 Å². The Morgan fingerprint density at radius 2 is 1.86 bits per heavy atom. The summed E-state index contributed by atoms with van der Waals surface area (Å²) in [5.74, 6) is -2.12. The number of hydrogen-bond acceptors (Lipinski definition) is 3. The molecular weight excluding hydrogens is 356 g/mol. The lowest BCUT2D eigenvalue weighted by atomic mass is 10.3. The van der Waals surface area contributed by atoms with E-state index in [4.69, 9.17) is 11.6 Å². The number of nitrogens with one attached hydrogen (secondary N) is 1. The smallest absolute Gasteiger partial charge is 0.264 e. The van der Waals surface area contributed by atoms with Gasteiger partial charge in [0.2, 0.25) is 0 Å². The molecular formula is C13H10ClF2NO3S2. The quantitative estimate of drug-likeness (QED) is 0.846. The minimum atomic E-state index is -4.32. The second-order valence-corrected chi connectivity index (χ2v) is 7.71. The summed E-state index contributed by atoms with van der Waals surface area (Å²) in [7, 11) is -4.32. The molecule has 0 saturated heterocycles. The van der Waals surface area contributed by atoms with Gasteiger partial charge in [0, 0.05) is 11.1 Å². The Kier molecular flexibility index (Phi) is 4.96. The van der Waals surface area contributed by atoms with Crippen molar-refractivity contribution in [1.82, 2.24) is 0 Å². The van der Waals surface area contributed by atoms with E-state index in [9.17, 15) is 21.8 Å². The average Bonchev–Trinajstić information content (AvgIpc) is 2.37. The van der Waals surface area contributed by atoms with Crippen LogP contribution >= 0.6 is 11.6 Å². The van der Waals surface area contributed by atoms with Gasteiger partial charge in [-0.3, -0.25) is 4.72 Å². The Balaban J connectivity index is 2.47. The van der Waals surface area contributed by atoms with E-state index in [0.717, 1.165) is 12.1 Å². The molecule has 4 nitrogen and oxygen atoms in total. The summed E-state index contributed by atoms with van der Waals surface area (Å²) in [5, 5.41) is 0.214. The van der Waals surface area contributed by atoms with Crippen molar-refractivity contribution in [3.8, 4) is 0 Å². The van der Waals surface area contributed by atoms with E-state index in [1.165, 1.54) is 24.5 Å². The molecule has 2 aromatic carbocycles. The summed E-state index contributed by atoms with van der Waals surface area (Å²) in [6.07, 6.45) is 1.36. The van der Waals surface area contributed by atoms with Crippen molar-refractivity contribution >= 4 is 38.5 Å². The van der Waals surface area contributed by atoms with Crippen molar-refractivity contribution in [3.63, 3.8) is 0 Å². The molecule has 0 amide bonds. The van der Waals surface area contributed by atoms with Gasteiger partial charge in [-0.05, 0) is 41.5 Å². The van der Waals surface area contributed by atoms with Crippen LogP contribution in [0.2, 0.25) is 5.02 Å². The fraction of sp³-hybridized carbons (Fsp3) is 0.0769. The molecule has 9 heteroatoms. The molecule has 118 valence electrons. The van der Waals surface area contributed by atoms with E-state index in [-0.39, 0.29) is 15.6 Å². The number of anilines is 1. The van der Waals surface area contributed by atoms with Crippen LogP contribution in [-0.2, 0) is 21.2 Å². The maximum Gasteiger partial charge on any atom is 0.264 e. The Bertz CT molecular complexity index is 813. The van der Waals surface area contributed by atoms with Gasteiger partial charge in [0.05, 0.1) is 0 Å². The molecule has 0 heterocycles. The first kappa shape index (κ1) is 17.0. The van der Waals surface area contributed by atoms with Crippen molar-refractivity contribution in [2.75, 3.05) is 11.0 Å². The zero-order valence-corrected chi connectivity index (χ0v) is 13.5. The largest absolute Gasteiger partial charge is 0.612 e. The van der Waals surface area contributed by atoms with E-state index in [1.54, 1.807) is 0 Å². The van der Waals surface area contributed by atoms with E-state index >= 15 is 0 Å². The van der Waals surface area contributed by atoms with Crippen LogP contribution in [0.25, 0.3) is 0 Å². The second-order valence-electron chi connectivity index (χ2n) is 4.27. The zero-order chi connectivity index (χ0) is 16.5. The predicted molar refractivity (Wildman–Crippen MR) is 81.0 cm³/mol. The first-order valence-corrected chi connectivity index (χ1v) is 9.23. The van der Waals surface area contributed by atoms with Gasteiger partial charge in [-0.1, -0.05) is 11.6 Å². The van der Waals surface area contributed by atoms with Gasteiger partial charge in [-0.15, -0.1) is 0 Å². The van der Waals surface area contributed by atoms with Gasteiger partial charge < -0.3 is 4.55 Å². The number of rotatable bonds is 4. The molecule has 0 fully saturated rings. The first-order chi connectivity index (χ1) is 10.2. The van der Waals surface area contributed by atoms with E-state index in [1.807, 2.05) is 0 Å². The highest BCUT2D eigenvalue weighted by Gasteiger charge is 2.23. The molecule has 2 rings (SSSR count). The summed E-state index contributed by atoms with van der Waals surface area (Å²) in [4.78, 5) is -0.530. The van der Waals surface area contributed by atoms with Crippen molar-refractivity contribution < 1.29 is 21.8 Å². The van der Waals surface area contributed by atoms with Gasteiger partial charge in [-0.2, -0.15) is 0 Å². The monoisotopic (exact) mass is 365 g/mol. The number of sulfonamides is 1. The molecule has 2 aromatic rings. The fourth-order valence-electron chi connectivity index (χ4n) is 1.73. The fourth-order valence-corrected chi connectivity index (χ4v) is 3.77. The van der Waals surface area contributed by atoms with Gasteiger partial charge in [-0.25, -0.2) is 17.2 Å². The van der Waals surface area contributed by atoms with Crippen molar-refractivity contribution in [2.45, 2.75) is 9.79 Å². The summed E-state index contributed by atoms with van der Waals surface area (Å²) in [5.41, 5.74) is -0.0305. The SMILES string of the molecule is C[S+]([O-])c1ccc(Cl)cc1NS(=O)(=O)c1ccc(F)cc1F. The first-order valence-electron chi connectivity index (χ1n) is 5.81. The molecule has 0 spiro atoms. The summed E-state index contributed by atoms with van der Waals surface area (Å²) in [6, 6.07) is 6.21. The second kappa shape index (κ2) is 6.41. The minimum Gasteiger partial charge on any atom is -0.612 e. The molecule has 1 atom stereocenters. The molecule has 0 bridgehead atoms. The molecule has 0 aliphatic carbocycles. The minimum absolute atomic E-state index is 0.0305. The number of benzene rings is 2. The lowest BCUT2D eigenvalue weighted by molar-refractivity contribution is 0.551. The standard InChI is InChI=1S/C13H10ClF2NO3S2/c1-21(18)12-4-2-8(14)6-11(12)17-22(19,20)13-5-3-9(15)7-10(13)16/h2-7,17H,1H3. The van der Waals surface area contributed by atoms with Gasteiger partial charge in [0.1, 0.15) is 28.5 Å². The highest BCUT2D eigenvalue weighted by Crippen LogP contribution is 2.28. The maximum absolute atomic E-state index is 13.6. The van der Waals surface area contributed by atoms with Crippen LogP contribution in [0.5, 0.6) is 0 Å². The third kappa shape index (κ3) is 3.70. The normalized spacial score (nSPS) is 13.0. The van der Waals surface area contributed by atoms with Crippen LogP contribution < -0.4 is 4.72 Å². The molecule has 0 aliphatic heterocycles. The van der Waals surface area contributed by atoms with E-state index in [2.05, 4.69) is 4.72 Å². The zero-order valence-electron chi connectivity index (χ0n) is 11.1. The van der Waals surface area contributed by atoms with Gasteiger partial charge >= 0.3 is 0 Å². The Morgan fingerprint density at radius 3 is 2.45 bits per heavy atom. The van der Waals surface area contributed by atoms with Crippen LogP contribution in [0, 0.1) is 11.6 Å². The predicted octanol–water partition coefficient (Wildman–Crippen LogP) is 3.16. The molecule has 1 N–H and O–H groups in total. The van der Waals surface area contributed by atoms with Crippen molar-refractivity contribution in [1.29, 1.82) is 0 Å². The van der Waals surface area contributed by atoms with Gasteiger partial charge in [0.25, 0.3) is 10.0 Å². The molecule has 0 aliphatic rings. The molecule has 0 aromatic heterocycles. The molecule has 22 heavy (non-hydrogen) atoms. The molecule has 1 unspecified atom stereocenters. The highest BCUT2D eigenvalue weighted by molar-refractivity contribution is 7.93. The van der Waals surface area contributed by atoms with Gasteiger partial charge in [0.15, 0.2) is 4.90 Å². The number of halogens is 3. The topological polar surface area (TPSA) is 69.2 Å². The third-order valence-corrected chi connectivity index (χ3v) is 5.29. The Morgan fingerprint density at radius 1 is 1.18 bits per heavy atom. The molecule has 0 radical (unpaired) electrons. The van der Waals surface area contributed by atoms with E-state index < -0.39 is 37.7 Å². The van der Waals surface area contributed by atoms with Crippen molar-refractivity contribution in [2.24, 2.45) is 0 Å². The number of hydrogen-bond donors (Lipinski definition) is 1. The van der Waals surface area contributed by atoms with Crippen LogP contribution in [0.4, 0.5) is 14.5 Å². The Hall–Kier alpha value is -1.35. The summed E-state index contributed by atoms with van der Waals surface area (Å²) in [6.45, 7) is 0. The third-order valence-electron chi connectivity index (χ3n) is 2.68. The van der Waals surface area contributed by atoms with Crippen LogP contribution in [-0.4, -0.2) is 19.2 Å². The average molecular weight is 366 g/mol. The van der Waals surface area contributed by atoms with E-state index in [0.29, 0.717) is 6.07 Å². The lowest BCUT2D eigenvalue weighted by Gasteiger charge is -2.13. The lowest BCUT2D eigenvalue weighted by Crippen LogP contribution is -2.16. The maximum atomic E-state index is 13.6. The highest BCUT2D eigenvalue weighted by atomic mass is 35.5. The molecule has 0 saturated carbocycles. The van der Waals surface area contributed by atoms with Crippen LogP contribution in [0.15, 0.2) is 46.2 Å². The summed E-state index contributed by atoms with van der Waals surface area (Å²) < 4.78 is 64.7. The van der Waals surface area contributed by atoms with Crippen LogP contribution in [0.3, 0.4) is 0 Å².